The Morgan fingerprint density at radius 1 is 0.534 bits per heavy atom. The zero-order valence-corrected chi connectivity index (χ0v) is 47.4. The zero-order chi connectivity index (χ0) is 51.3. The molecule has 2 aliphatic rings. The summed E-state index contributed by atoms with van der Waals surface area (Å²) in [6, 6.07) is 41.0. The van der Waals surface area contributed by atoms with E-state index in [0.717, 1.165) is 90.0 Å². The molecule has 0 unspecified atom stereocenters. The number of benzene rings is 6. The minimum Gasteiger partial charge on any atom is -0.508 e. The monoisotopic (exact) mass is 1210 g/mol. The summed E-state index contributed by atoms with van der Waals surface area (Å²) in [6.07, 6.45) is 7.76. The number of rotatable bonds is 15. The maximum Gasteiger partial charge on any atom is 0.369 e. The number of phenols is 2. The molecule has 2 N–H and O–H groups in total. The average Bonchev–Trinajstić information content (AvgIpc) is 3.98. The van der Waals surface area contributed by atoms with Gasteiger partial charge in [-0.2, -0.15) is 0 Å². The molecule has 2 aliphatic heterocycles. The Hall–Kier alpha value is -5.00. The Kier molecular flexibility index (Phi) is 19.7. The number of piperidine rings is 2. The molecule has 0 radical (unpaired) electrons. The summed E-state index contributed by atoms with van der Waals surface area (Å²) in [6.45, 7) is 9.89. The number of hydrogen-bond acceptors (Lipinski definition) is 11. The molecule has 0 aliphatic carbocycles. The van der Waals surface area contributed by atoms with Gasteiger partial charge in [0.25, 0.3) is 0 Å². The molecule has 0 spiro atoms. The fourth-order valence-electron chi connectivity index (χ4n) is 9.15. The number of aryl methyl sites for hydroxylation is 1. The van der Waals surface area contributed by atoms with Gasteiger partial charge in [-0.05, 0) is 197 Å². The van der Waals surface area contributed by atoms with Crippen LogP contribution in [0.1, 0.15) is 75.9 Å². The Morgan fingerprint density at radius 2 is 0.932 bits per heavy atom. The molecule has 8 aromatic rings. The number of phenolic OH excluding ortho intramolecular Hbond substituents is 2. The van der Waals surface area contributed by atoms with Gasteiger partial charge in [-0.1, -0.05) is 25.0 Å². The van der Waals surface area contributed by atoms with E-state index in [1.807, 2.05) is 72.8 Å². The van der Waals surface area contributed by atoms with E-state index in [1.54, 1.807) is 60.9 Å². The highest BCUT2D eigenvalue weighted by Crippen LogP contribution is 2.43. The van der Waals surface area contributed by atoms with Crippen molar-refractivity contribution < 1.29 is 34.0 Å². The van der Waals surface area contributed by atoms with Gasteiger partial charge < -0.3 is 24.4 Å². The lowest BCUT2D eigenvalue weighted by Crippen LogP contribution is -2.33. The lowest BCUT2D eigenvalue weighted by molar-refractivity contribution is 0.103. The van der Waals surface area contributed by atoms with Crippen LogP contribution in [0.15, 0.2) is 133 Å². The molecule has 0 saturated carbocycles. The van der Waals surface area contributed by atoms with E-state index in [1.165, 1.54) is 68.5 Å². The summed E-state index contributed by atoms with van der Waals surface area (Å²) in [5.41, 5.74) is 5.66. The van der Waals surface area contributed by atoms with Gasteiger partial charge in [-0.25, -0.2) is 0 Å². The van der Waals surface area contributed by atoms with Crippen molar-refractivity contribution >= 4 is 105 Å². The maximum atomic E-state index is 13.8. The van der Waals surface area contributed by atoms with Crippen LogP contribution in [0.5, 0.6) is 28.7 Å². The standard InChI is InChI=1S/C30H31NO3S.C28H27NO4S.BBr3/c1-21-6-15-26-27(20-21)35-30(23-9-11-24(33-2)12-10-23)28(26)29(32)22-7-13-25(14-8-22)34-19-18-31-16-4-3-5-17-31;30-21-8-4-20(5-9-21)28-26(24-13-10-22(31)18-25(24)34-28)27(32)19-6-11-23(12-7-19)33-17-16-29-14-2-1-3-15-29;2-1(3)4/h6-15,20H,3-5,16-19H2,1-2H3;4-13,18,30-31H,1-3,14-17H2;. The number of ether oxygens (including phenoxy) is 3. The zero-order valence-electron chi connectivity index (χ0n) is 41.0. The summed E-state index contributed by atoms with van der Waals surface area (Å²) in [5.74, 6) is 2.65. The van der Waals surface area contributed by atoms with Crippen LogP contribution < -0.4 is 14.2 Å². The number of nitrogens with zero attached hydrogens (tertiary/aromatic N) is 2. The molecule has 2 saturated heterocycles. The molecular formula is C58H58BBr3N2O7S2. The quantitative estimate of drug-likeness (QED) is 0.0766. The van der Waals surface area contributed by atoms with Crippen LogP contribution in [0.4, 0.5) is 0 Å². The third-order valence-corrected chi connectivity index (χ3v) is 15.3. The van der Waals surface area contributed by atoms with E-state index in [-0.39, 0.29) is 26.3 Å². The number of halogens is 3. The van der Waals surface area contributed by atoms with E-state index < -0.39 is 0 Å². The van der Waals surface area contributed by atoms with E-state index in [4.69, 9.17) is 14.2 Å². The second-order valence-corrected chi connectivity index (χ2v) is 26.6. The Labute approximate surface area is 461 Å². The third kappa shape index (κ3) is 14.7. The number of fused-ring (bicyclic) bond motifs is 2. The number of aromatic hydroxyl groups is 2. The number of thiophene rings is 2. The first-order valence-corrected chi connectivity index (χ1v) is 29.0. The van der Waals surface area contributed by atoms with Crippen LogP contribution in [0.25, 0.3) is 41.1 Å². The molecule has 0 amide bonds. The first kappa shape index (κ1) is 54.3. The lowest BCUT2D eigenvalue weighted by atomic mass is 9.97. The van der Waals surface area contributed by atoms with Gasteiger partial charge in [0.1, 0.15) is 42.0 Å². The number of methoxy groups -OCH3 is 1. The number of carbonyl (C=O) groups is 2. The van der Waals surface area contributed by atoms with Gasteiger partial charge in [0.15, 0.2) is 11.6 Å². The van der Waals surface area contributed by atoms with Crippen LogP contribution in [0.2, 0.25) is 0 Å². The number of carbonyl (C=O) groups excluding carboxylic acids is 2. The van der Waals surface area contributed by atoms with Crippen molar-refractivity contribution in [3.63, 3.8) is 0 Å². The largest absolute Gasteiger partial charge is 0.508 e. The average molecular weight is 1210 g/mol. The molecular weight excluding hydrogens is 1150 g/mol. The fraction of sp³-hybridized carbons (Fsp3) is 0.276. The Bertz CT molecular complexity index is 3080. The minimum absolute atomic E-state index is 0.0331. The summed E-state index contributed by atoms with van der Waals surface area (Å²) in [5, 5.41) is 21.4. The van der Waals surface area contributed by atoms with Gasteiger partial charge in [0.2, 0.25) is 0 Å². The van der Waals surface area contributed by atoms with Crippen LogP contribution in [0, 0.1) is 6.92 Å². The van der Waals surface area contributed by atoms with Crippen molar-refractivity contribution in [2.45, 2.75) is 45.4 Å². The summed E-state index contributed by atoms with van der Waals surface area (Å²) < 4.78 is 19.4. The van der Waals surface area contributed by atoms with Crippen molar-refractivity contribution in [3.05, 3.63) is 161 Å². The van der Waals surface area contributed by atoms with Crippen molar-refractivity contribution in [1.82, 2.24) is 9.80 Å². The van der Waals surface area contributed by atoms with E-state index in [0.29, 0.717) is 29.9 Å². The number of likely N-dealkylation sites (tertiary alicyclic amines) is 2. The normalized spacial score (nSPS) is 13.9. The summed E-state index contributed by atoms with van der Waals surface area (Å²) in [7, 11) is 1.66. The number of hydrogen-bond donors (Lipinski definition) is 2. The molecule has 2 aromatic heterocycles. The number of ketones is 2. The predicted molar refractivity (Wildman–Crippen MR) is 313 cm³/mol. The van der Waals surface area contributed by atoms with Crippen LogP contribution >= 0.6 is 69.9 Å². The first-order valence-electron chi connectivity index (χ1n) is 24.6. The molecule has 0 bridgehead atoms. The summed E-state index contributed by atoms with van der Waals surface area (Å²) in [4.78, 5) is 34.1. The molecule has 0 atom stereocenters. The second kappa shape index (κ2) is 26.5. The predicted octanol–water partition coefficient (Wildman–Crippen LogP) is 15.2. The molecule has 9 nitrogen and oxygen atoms in total. The topological polar surface area (TPSA) is 109 Å². The van der Waals surface area contributed by atoms with Crippen molar-refractivity contribution in [2.75, 3.05) is 59.6 Å². The third-order valence-electron chi connectivity index (χ3n) is 12.9. The first-order chi connectivity index (χ1) is 35.4. The molecule has 15 heteroatoms. The van der Waals surface area contributed by atoms with Crippen molar-refractivity contribution in [1.29, 1.82) is 0 Å². The molecule has 73 heavy (non-hydrogen) atoms. The smallest absolute Gasteiger partial charge is 0.369 e. The molecule has 4 heterocycles. The lowest BCUT2D eigenvalue weighted by Gasteiger charge is -2.26. The van der Waals surface area contributed by atoms with Gasteiger partial charge in [-0.3, -0.25) is 19.4 Å². The second-order valence-electron chi connectivity index (χ2n) is 18.0. The maximum absolute atomic E-state index is 13.8. The van der Waals surface area contributed by atoms with Gasteiger partial charge in [-0.15, -0.1) is 69.9 Å². The van der Waals surface area contributed by atoms with Crippen LogP contribution in [-0.2, 0) is 0 Å². The molecule has 378 valence electrons. The van der Waals surface area contributed by atoms with Gasteiger partial charge in [0, 0.05) is 65.3 Å². The Balaban J connectivity index is 0.000000182. The van der Waals surface area contributed by atoms with Crippen molar-refractivity contribution in [3.8, 4) is 49.6 Å². The molecule has 6 aromatic carbocycles. The van der Waals surface area contributed by atoms with Crippen LogP contribution in [-0.4, -0.2) is 94.4 Å². The molecule has 2 fully saturated rings. The summed E-state index contributed by atoms with van der Waals surface area (Å²) >= 11 is 12.4. The molecule has 10 rings (SSSR count). The van der Waals surface area contributed by atoms with E-state index >= 15 is 0 Å². The van der Waals surface area contributed by atoms with Gasteiger partial charge >= 0.3 is 3.18 Å². The van der Waals surface area contributed by atoms with E-state index in [2.05, 4.69) is 82.2 Å². The Morgan fingerprint density at radius 3 is 1.38 bits per heavy atom. The SMILES string of the molecule is BrB(Br)Br.COc1ccc(-c2sc3cc(C)ccc3c2C(=O)c2ccc(OCCN3CCCCC3)cc2)cc1.O=C(c1ccc(OCCN2CCCCC2)cc1)c1c(-c2ccc(O)cc2)sc2cc(O)ccc12. The minimum atomic E-state index is -0.0834. The van der Waals surface area contributed by atoms with Crippen molar-refractivity contribution in [2.24, 2.45) is 0 Å². The van der Waals surface area contributed by atoms with E-state index in [9.17, 15) is 19.8 Å². The highest BCUT2D eigenvalue weighted by molar-refractivity contribution is 9.69. The van der Waals surface area contributed by atoms with Gasteiger partial charge in [0.05, 0.1) is 7.11 Å². The highest BCUT2D eigenvalue weighted by Gasteiger charge is 2.24. The fourth-order valence-corrected chi connectivity index (χ4v) is 11.7. The van der Waals surface area contributed by atoms with Crippen LogP contribution in [0.3, 0.4) is 0 Å². The highest BCUT2D eigenvalue weighted by atomic mass is 79.9.